The molecule has 3 aromatic heterocycles. The largest absolute Gasteiger partial charge is 0.476 e. The number of aryl methyl sites for hydroxylation is 1. The number of nitrogens with zero attached hydrogens (tertiary/aromatic N) is 4. The van der Waals surface area contributed by atoms with E-state index in [9.17, 15) is 0 Å². The third-order valence-electron chi connectivity index (χ3n) is 3.32. The second-order valence-corrected chi connectivity index (χ2v) is 6.39. The van der Waals surface area contributed by atoms with Crippen LogP contribution in [0.4, 0.5) is 10.9 Å². The van der Waals surface area contributed by atoms with Gasteiger partial charge in [-0.1, -0.05) is 17.4 Å². The average Bonchev–Trinajstić information content (AvgIpc) is 3.10. The number of hydrogen-bond acceptors (Lipinski definition) is 9. The van der Waals surface area contributed by atoms with Crippen molar-refractivity contribution >= 4 is 22.3 Å². The van der Waals surface area contributed by atoms with Crippen LogP contribution in [-0.4, -0.2) is 51.3 Å². The lowest BCUT2D eigenvalue weighted by Crippen LogP contribution is -2.24. The minimum atomic E-state index is 0.107. The van der Waals surface area contributed by atoms with Crippen LogP contribution in [0.1, 0.15) is 5.82 Å². The van der Waals surface area contributed by atoms with Crippen molar-refractivity contribution in [2.75, 3.05) is 31.6 Å². The molecule has 0 spiro atoms. The van der Waals surface area contributed by atoms with E-state index in [1.807, 2.05) is 31.5 Å². The minimum absolute atomic E-state index is 0.107. The fraction of sp³-hybridized carbons (Fsp3) is 0.294. The number of anilines is 2. The molecule has 0 aromatic carbocycles. The molecule has 3 aromatic rings. The first-order valence-electron chi connectivity index (χ1n) is 8.18. The van der Waals surface area contributed by atoms with E-state index >= 15 is 0 Å². The van der Waals surface area contributed by atoms with Crippen molar-refractivity contribution < 1.29 is 9.84 Å². The maximum Gasteiger partial charge on any atom is 0.218 e. The van der Waals surface area contributed by atoms with Gasteiger partial charge in [0.05, 0.1) is 11.5 Å². The van der Waals surface area contributed by atoms with Crippen molar-refractivity contribution in [3.8, 4) is 16.3 Å². The molecule has 3 N–H and O–H groups in total. The monoisotopic (exact) mass is 372 g/mol. The molecular weight excluding hydrogens is 352 g/mol. The molecule has 9 heteroatoms. The first-order valence-corrected chi connectivity index (χ1v) is 8.99. The summed E-state index contributed by atoms with van der Waals surface area (Å²) in [6.07, 6.45) is 5.36. The molecule has 8 nitrogen and oxygen atoms in total. The Balaban J connectivity index is 1.63. The molecule has 0 aliphatic heterocycles. The van der Waals surface area contributed by atoms with Crippen LogP contribution < -0.4 is 15.4 Å². The van der Waals surface area contributed by atoms with Gasteiger partial charge in [-0.15, -0.1) is 0 Å². The summed E-state index contributed by atoms with van der Waals surface area (Å²) in [5, 5.41) is 15.7. The van der Waals surface area contributed by atoms with E-state index in [1.165, 1.54) is 11.3 Å². The van der Waals surface area contributed by atoms with Gasteiger partial charge in [0.25, 0.3) is 0 Å². The molecule has 0 unspecified atom stereocenters. The van der Waals surface area contributed by atoms with Gasteiger partial charge in [0.2, 0.25) is 5.88 Å². The number of ether oxygens (including phenoxy) is 1. The summed E-state index contributed by atoms with van der Waals surface area (Å²) in [7, 11) is 0. The van der Waals surface area contributed by atoms with E-state index in [1.54, 1.807) is 12.3 Å². The van der Waals surface area contributed by atoms with Gasteiger partial charge in [0, 0.05) is 43.3 Å². The topological polar surface area (TPSA) is 105 Å². The average molecular weight is 372 g/mol. The summed E-state index contributed by atoms with van der Waals surface area (Å²) in [6.45, 7) is 3.55. The quantitative estimate of drug-likeness (QED) is 0.490. The molecule has 0 aliphatic rings. The van der Waals surface area contributed by atoms with Crippen molar-refractivity contribution in [3.63, 3.8) is 0 Å². The van der Waals surface area contributed by atoms with Gasteiger partial charge in [-0.3, -0.25) is 4.98 Å². The Morgan fingerprint density at radius 2 is 2.15 bits per heavy atom. The summed E-state index contributed by atoms with van der Waals surface area (Å²) in [5.74, 6) is 1.73. The normalized spacial score (nSPS) is 10.7. The third-order valence-corrected chi connectivity index (χ3v) is 4.28. The highest BCUT2D eigenvalue weighted by Gasteiger charge is 2.08. The highest BCUT2D eigenvalue weighted by molar-refractivity contribution is 7.18. The van der Waals surface area contributed by atoms with Gasteiger partial charge in [0.1, 0.15) is 18.2 Å². The standard InChI is InChI=1S/C17H20N6O2S/c1-12-21-15(9-16(22-12)25-8-6-18-5-7-24)23-17-20-11-14(26-17)13-3-2-4-19-10-13/h2-4,9-11,18,24H,5-8H2,1H3,(H,20,21,22,23). The van der Waals surface area contributed by atoms with E-state index in [0.29, 0.717) is 37.2 Å². The molecule has 3 rings (SSSR count). The molecule has 0 radical (unpaired) electrons. The summed E-state index contributed by atoms with van der Waals surface area (Å²) >= 11 is 1.52. The Morgan fingerprint density at radius 1 is 1.23 bits per heavy atom. The first kappa shape index (κ1) is 18.2. The second kappa shape index (κ2) is 9.18. The van der Waals surface area contributed by atoms with E-state index in [0.717, 1.165) is 15.6 Å². The summed E-state index contributed by atoms with van der Waals surface area (Å²) < 4.78 is 5.63. The number of aliphatic hydroxyl groups is 1. The Morgan fingerprint density at radius 3 is 2.96 bits per heavy atom. The number of nitrogens with one attached hydrogen (secondary N) is 2. The minimum Gasteiger partial charge on any atom is -0.476 e. The van der Waals surface area contributed by atoms with Crippen molar-refractivity contribution in [2.24, 2.45) is 0 Å². The molecule has 26 heavy (non-hydrogen) atoms. The lowest BCUT2D eigenvalue weighted by atomic mass is 10.3. The van der Waals surface area contributed by atoms with Gasteiger partial charge < -0.3 is 20.5 Å². The Bertz CT molecular complexity index is 827. The van der Waals surface area contributed by atoms with Gasteiger partial charge in [-0.05, 0) is 13.0 Å². The predicted molar refractivity (Wildman–Crippen MR) is 101 cm³/mol. The van der Waals surface area contributed by atoms with E-state index < -0.39 is 0 Å². The van der Waals surface area contributed by atoms with Crippen molar-refractivity contribution in [2.45, 2.75) is 6.92 Å². The number of rotatable bonds is 9. The molecule has 0 saturated heterocycles. The lowest BCUT2D eigenvalue weighted by molar-refractivity contribution is 0.272. The zero-order valence-electron chi connectivity index (χ0n) is 14.3. The van der Waals surface area contributed by atoms with Crippen molar-refractivity contribution in [1.82, 2.24) is 25.3 Å². The fourth-order valence-corrected chi connectivity index (χ4v) is 3.01. The van der Waals surface area contributed by atoms with Crippen LogP contribution >= 0.6 is 11.3 Å². The smallest absolute Gasteiger partial charge is 0.218 e. The molecule has 0 saturated carbocycles. The van der Waals surface area contributed by atoms with Gasteiger partial charge in [0.15, 0.2) is 5.13 Å². The summed E-state index contributed by atoms with van der Waals surface area (Å²) in [4.78, 5) is 18.2. The third kappa shape index (κ3) is 5.19. The van der Waals surface area contributed by atoms with E-state index in [4.69, 9.17) is 9.84 Å². The predicted octanol–water partition coefficient (Wildman–Crippen LogP) is 2.01. The molecule has 3 heterocycles. The highest BCUT2D eigenvalue weighted by Crippen LogP contribution is 2.30. The SMILES string of the molecule is Cc1nc(Nc2ncc(-c3cccnc3)s2)cc(OCCNCCO)n1. The maximum absolute atomic E-state index is 8.73. The van der Waals surface area contributed by atoms with Crippen LogP contribution in [0.3, 0.4) is 0 Å². The highest BCUT2D eigenvalue weighted by atomic mass is 32.1. The number of pyridine rings is 1. The molecule has 0 atom stereocenters. The van der Waals surface area contributed by atoms with Crippen molar-refractivity contribution in [1.29, 1.82) is 0 Å². The maximum atomic E-state index is 8.73. The van der Waals surface area contributed by atoms with Gasteiger partial charge in [-0.25, -0.2) is 9.97 Å². The van der Waals surface area contributed by atoms with E-state index in [-0.39, 0.29) is 6.61 Å². The molecule has 0 fully saturated rings. The Labute approximate surface area is 155 Å². The fourth-order valence-electron chi connectivity index (χ4n) is 2.19. The Kier molecular flexibility index (Phi) is 6.42. The molecule has 0 bridgehead atoms. The van der Waals surface area contributed by atoms with Crippen LogP contribution in [0.15, 0.2) is 36.8 Å². The second-order valence-electron chi connectivity index (χ2n) is 5.36. The Hall–Kier alpha value is -2.62. The van der Waals surface area contributed by atoms with Crippen LogP contribution in [0.5, 0.6) is 5.88 Å². The summed E-state index contributed by atoms with van der Waals surface area (Å²) in [6, 6.07) is 5.63. The lowest BCUT2D eigenvalue weighted by Gasteiger charge is -2.08. The van der Waals surface area contributed by atoms with Crippen LogP contribution in [-0.2, 0) is 0 Å². The van der Waals surface area contributed by atoms with Crippen LogP contribution in [0.25, 0.3) is 10.4 Å². The van der Waals surface area contributed by atoms with Crippen molar-refractivity contribution in [3.05, 3.63) is 42.6 Å². The summed E-state index contributed by atoms with van der Waals surface area (Å²) in [5.41, 5.74) is 1.02. The first-order chi connectivity index (χ1) is 12.7. The number of thiazole rings is 1. The number of aliphatic hydroxyl groups excluding tert-OH is 1. The molecular formula is C17H20N6O2S. The van der Waals surface area contributed by atoms with Gasteiger partial charge >= 0.3 is 0 Å². The number of hydrogen-bond donors (Lipinski definition) is 3. The van der Waals surface area contributed by atoms with Gasteiger partial charge in [-0.2, -0.15) is 4.98 Å². The molecule has 136 valence electrons. The zero-order valence-corrected chi connectivity index (χ0v) is 15.2. The van der Waals surface area contributed by atoms with E-state index in [2.05, 4.69) is 30.6 Å². The molecule has 0 aliphatic carbocycles. The van der Waals surface area contributed by atoms with Crippen LogP contribution in [0.2, 0.25) is 0 Å². The number of aromatic nitrogens is 4. The molecule has 0 amide bonds. The van der Waals surface area contributed by atoms with Crippen LogP contribution in [0, 0.1) is 6.92 Å². The zero-order chi connectivity index (χ0) is 18.2.